The van der Waals surface area contributed by atoms with E-state index < -0.39 is 6.04 Å². The van der Waals surface area contributed by atoms with E-state index in [1.165, 1.54) is 19.3 Å². The highest BCUT2D eigenvalue weighted by Crippen LogP contribution is 2.35. The molecule has 0 aliphatic heterocycles. The molecule has 0 bridgehead atoms. The van der Waals surface area contributed by atoms with Crippen molar-refractivity contribution in [1.29, 1.82) is 0 Å². The van der Waals surface area contributed by atoms with E-state index >= 15 is 0 Å². The topological polar surface area (TPSA) is 43.1 Å². The first-order valence-electron chi connectivity index (χ1n) is 7.08. The summed E-state index contributed by atoms with van der Waals surface area (Å²) in [6.45, 7) is 2.18. The zero-order chi connectivity index (χ0) is 13.0. The maximum absolute atomic E-state index is 12.5. The van der Waals surface area contributed by atoms with Crippen molar-refractivity contribution in [2.75, 3.05) is 0 Å². The van der Waals surface area contributed by atoms with Crippen molar-refractivity contribution in [2.45, 2.75) is 45.1 Å². The number of hydrogen-bond donors (Lipinski definition) is 1. The van der Waals surface area contributed by atoms with Gasteiger partial charge in [0.2, 0.25) is 0 Å². The van der Waals surface area contributed by atoms with E-state index in [4.69, 9.17) is 5.73 Å². The second-order valence-electron chi connectivity index (χ2n) is 5.35. The summed E-state index contributed by atoms with van der Waals surface area (Å²) in [6.07, 6.45) is 5.75. The number of benzene rings is 1. The van der Waals surface area contributed by atoms with Crippen LogP contribution in [-0.2, 0) is 4.79 Å². The van der Waals surface area contributed by atoms with Crippen molar-refractivity contribution >= 4 is 5.78 Å². The molecular weight excluding hydrogens is 222 g/mol. The SMILES string of the molecule is CCC1CCCCC1C(=O)C(N)c1ccccc1. The van der Waals surface area contributed by atoms with Crippen LogP contribution in [-0.4, -0.2) is 5.78 Å². The maximum atomic E-state index is 12.5. The number of ketones is 1. The van der Waals surface area contributed by atoms with Gasteiger partial charge in [-0.05, 0) is 24.3 Å². The fourth-order valence-corrected chi connectivity index (χ4v) is 3.13. The minimum atomic E-state index is -0.441. The third-order valence-electron chi connectivity index (χ3n) is 4.26. The molecule has 3 unspecified atom stereocenters. The Morgan fingerprint density at radius 3 is 2.61 bits per heavy atom. The molecule has 1 aromatic carbocycles. The quantitative estimate of drug-likeness (QED) is 0.882. The van der Waals surface area contributed by atoms with E-state index in [2.05, 4.69) is 6.92 Å². The van der Waals surface area contributed by atoms with Gasteiger partial charge in [-0.2, -0.15) is 0 Å². The summed E-state index contributed by atoms with van der Waals surface area (Å²) in [4.78, 5) is 12.5. The molecule has 2 heteroatoms. The smallest absolute Gasteiger partial charge is 0.157 e. The van der Waals surface area contributed by atoms with Crippen molar-refractivity contribution in [3.63, 3.8) is 0 Å². The minimum Gasteiger partial charge on any atom is -0.318 e. The molecule has 1 fully saturated rings. The van der Waals surface area contributed by atoms with Gasteiger partial charge in [-0.15, -0.1) is 0 Å². The molecule has 1 aliphatic carbocycles. The summed E-state index contributed by atoms with van der Waals surface area (Å²) in [5.74, 6) is 0.965. The van der Waals surface area contributed by atoms with Gasteiger partial charge in [-0.3, -0.25) is 4.79 Å². The maximum Gasteiger partial charge on any atom is 0.157 e. The third-order valence-corrected chi connectivity index (χ3v) is 4.26. The third kappa shape index (κ3) is 2.81. The number of hydrogen-bond acceptors (Lipinski definition) is 2. The second-order valence-corrected chi connectivity index (χ2v) is 5.35. The van der Waals surface area contributed by atoms with Crippen molar-refractivity contribution in [1.82, 2.24) is 0 Å². The molecule has 3 atom stereocenters. The number of carbonyl (C=O) groups excluding carboxylic acids is 1. The van der Waals surface area contributed by atoms with Gasteiger partial charge < -0.3 is 5.73 Å². The Hall–Kier alpha value is -1.15. The molecule has 0 heterocycles. The highest BCUT2D eigenvalue weighted by atomic mass is 16.1. The van der Waals surface area contributed by atoms with E-state index in [-0.39, 0.29) is 11.7 Å². The Kier molecular flexibility index (Phi) is 4.54. The molecule has 2 N–H and O–H groups in total. The Bertz CT molecular complexity index is 387. The van der Waals surface area contributed by atoms with Gasteiger partial charge in [0.05, 0.1) is 6.04 Å². The van der Waals surface area contributed by atoms with Crippen molar-refractivity contribution in [3.05, 3.63) is 35.9 Å². The van der Waals surface area contributed by atoms with Crippen molar-refractivity contribution in [3.8, 4) is 0 Å². The molecule has 2 rings (SSSR count). The molecule has 1 saturated carbocycles. The lowest BCUT2D eigenvalue weighted by molar-refractivity contribution is -0.127. The van der Waals surface area contributed by atoms with Gasteiger partial charge in [0.15, 0.2) is 5.78 Å². The highest BCUT2D eigenvalue weighted by molar-refractivity contribution is 5.87. The number of Topliss-reactive ketones (excluding diaryl/α,β-unsaturated/α-hetero) is 1. The Balaban J connectivity index is 2.10. The fourth-order valence-electron chi connectivity index (χ4n) is 3.13. The summed E-state index contributed by atoms with van der Waals surface area (Å²) in [6, 6.07) is 9.30. The van der Waals surface area contributed by atoms with Gasteiger partial charge >= 0.3 is 0 Å². The Morgan fingerprint density at radius 1 is 1.28 bits per heavy atom. The molecule has 98 valence electrons. The van der Waals surface area contributed by atoms with E-state index in [0.29, 0.717) is 5.92 Å². The largest absolute Gasteiger partial charge is 0.318 e. The van der Waals surface area contributed by atoms with Gasteiger partial charge in [-0.25, -0.2) is 0 Å². The summed E-state index contributed by atoms with van der Waals surface area (Å²) in [5.41, 5.74) is 7.08. The summed E-state index contributed by atoms with van der Waals surface area (Å²) in [5, 5.41) is 0. The minimum absolute atomic E-state index is 0.180. The average molecular weight is 245 g/mol. The molecule has 0 aromatic heterocycles. The van der Waals surface area contributed by atoms with Gasteiger partial charge in [0.25, 0.3) is 0 Å². The van der Waals surface area contributed by atoms with Crippen LogP contribution in [0.3, 0.4) is 0 Å². The van der Waals surface area contributed by atoms with Crippen LogP contribution in [0.2, 0.25) is 0 Å². The molecule has 1 aromatic rings. The first kappa shape index (κ1) is 13.3. The fraction of sp³-hybridized carbons (Fsp3) is 0.562. The van der Waals surface area contributed by atoms with Gasteiger partial charge in [0, 0.05) is 5.92 Å². The first-order valence-corrected chi connectivity index (χ1v) is 7.08. The van der Waals surface area contributed by atoms with E-state index in [9.17, 15) is 4.79 Å². The lowest BCUT2D eigenvalue weighted by Crippen LogP contribution is -2.34. The number of carbonyl (C=O) groups is 1. The van der Waals surface area contributed by atoms with Crippen LogP contribution in [0.25, 0.3) is 0 Å². The molecule has 0 saturated heterocycles. The molecule has 2 nitrogen and oxygen atoms in total. The highest BCUT2D eigenvalue weighted by Gasteiger charge is 2.32. The van der Waals surface area contributed by atoms with Crippen LogP contribution >= 0.6 is 0 Å². The first-order chi connectivity index (χ1) is 8.74. The average Bonchev–Trinajstić information content (AvgIpc) is 2.46. The van der Waals surface area contributed by atoms with Crippen molar-refractivity contribution in [2.24, 2.45) is 17.6 Å². The number of nitrogens with two attached hydrogens (primary N) is 1. The van der Waals surface area contributed by atoms with Crippen LogP contribution in [0.5, 0.6) is 0 Å². The van der Waals surface area contributed by atoms with Crippen LogP contribution in [0.4, 0.5) is 0 Å². The summed E-state index contributed by atoms with van der Waals surface area (Å²) >= 11 is 0. The van der Waals surface area contributed by atoms with Gasteiger partial charge in [-0.1, -0.05) is 56.5 Å². The van der Waals surface area contributed by atoms with E-state index in [0.717, 1.165) is 18.4 Å². The monoisotopic (exact) mass is 245 g/mol. The van der Waals surface area contributed by atoms with Crippen molar-refractivity contribution < 1.29 is 4.79 Å². The standard InChI is InChI=1S/C16H23NO/c1-2-12-8-6-7-11-14(12)16(18)15(17)13-9-4-3-5-10-13/h3-5,9-10,12,14-15H,2,6-8,11,17H2,1H3. The second kappa shape index (κ2) is 6.14. The predicted molar refractivity (Wildman–Crippen MR) is 74.1 cm³/mol. The molecule has 18 heavy (non-hydrogen) atoms. The zero-order valence-corrected chi connectivity index (χ0v) is 11.1. The molecular formula is C16H23NO. The molecule has 0 radical (unpaired) electrons. The summed E-state index contributed by atoms with van der Waals surface area (Å²) in [7, 11) is 0. The number of rotatable bonds is 4. The van der Waals surface area contributed by atoms with Crippen LogP contribution in [0, 0.1) is 11.8 Å². The van der Waals surface area contributed by atoms with Crippen LogP contribution in [0.1, 0.15) is 50.6 Å². The molecule has 0 amide bonds. The Labute approximate surface area is 110 Å². The lowest BCUT2D eigenvalue weighted by Gasteiger charge is -2.31. The normalized spacial score (nSPS) is 25.7. The van der Waals surface area contributed by atoms with E-state index in [1.807, 2.05) is 30.3 Å². The predicted octanol–water partition coefficient (Wildman–Crippen LogP) is 3.47. The molecule has 0 spiro atoms. The summed E-state index contributed by atoms with van der Waals surface area (Å²) < 4.78 is 0. The van der Waals surface area contributed by atoms with Gasteiger partial charge in [0.1, 0.15) is 0 Å². The zero-order valence-electron chi connectivity index (χ0n) is 11.1. The molecule has 1 aliphatic rings. The van der Waals surface area contributed by atoms with Crippen LogP contribution < -0.4 is 5.73 Å². The van der Waals surface area contributed by atoms with Crippen LogP contribution in [0.15, 0.2) is 30.3 Å². The van der Waals surface area contributed by atoms with E-state index in [1.54, 1.807) is 0 Å². The lowest BCUT2D eigenvalue weighted by atomic mass is 9.73. The Morgan fingerprint density at radius 2 is 1.94 bits per heavy atom.